The topological polar surface area (TPSA) is 64.1 Å². The van der Waals surface area contributed by atoms with Crippen molar-refractivity contribution in [2.24, 2.45) is 0 Å². The highest BCUT2D eigenvalue weighted by Crippen LogP contribution is 2.29. The Morgan fingerprint density at radius 1 is 1.12 bits per heavy atom. The molecule has 0 saturated heterocycles. The van der Waals surface area contributed by atoms with Gasteiger partial charge in [0.05, 0.1) is 0 Å². The van der Waals surface area contributed by atoms with Crippen molar-refractivity contribution in [3.63, 3.8) is 0 Å². The van der Waals surface area contributed by atoms with Crippen molar-refractivity contribution in [2.45, 2.75) is 13.0 Å². The molecule has 32 heavy (non-hydrogen) atoms. The number of halogens is 2. The maximum Gasteiger partial charge on any atom is 0.270 e. The van der Waals surface area contributed by atoms with Gasteiger partial charge in [0.25, 0.3) is 5.91 Å². The first kappa shape index (κ1) is 21.9. The van der Waals surface area contributed by atoms with Crippen LogP contribution in [-0.4, -0.2) is 22.4 Å². The number of hydrogen-bond donors (Lipinski definition) is 1. The maximum atomic E-state index is 14.7. The number of thiazole rings is 1. The van der Waals surface area contributed by atoms with E-state index in [4.69, 9.17) is 16.3 Å². The number of nitrogens with zero attached hydrogens (tertiary/aromatic N) is 2. The van der Waals surface area contributed by atoms with Gasteiger partial charge in [-0.2, -0.15) is 0 Å². The van der Waals surface area contributed by atoms with E-state index in [0.29, 0.717) is 34.3 Å². The summed E-state index contributed by atoms with van der Waals surface area (Å²) in [6.45, 7) is 0.674. The molecule has 1 N–H and O–H groups in total. The predicted octanol–water partition coefficient (Wildman–Crippen LogP) is 5.55. The first-order valence-electron chi connectivity index (χ1n) is 9.90. The van der Waals surface area contributed by atoms with Crippen molar-refractivity contribution in [2.75, 3.05) is 6.54 Å². The van der Waals surface area contributed by atoms with Gasteiger partial charge in [-0.25, -0.2) is 9.37 Å². The van der Waals surface area contributed by atoms with Crippen LogP contribution >= 0.6 is 22.9 Å². The van der Waals surface area contributed by atoms with E-state index in [1.54, 1.807) is 29.8 Å². The number of hydrogen-bond acceptors (Lipinski definition) is 5. The zero-order valence-electron chi connectivity index (χ0n) is 16.9. The Bertz CT molecular complexity index is 1220. The van der Waals surface area contributed by atoms with Crippen LogP contribution in [0.5, 0.6) is 5.75 Å². The number of benzene rings is 2. The standard InChI is InChI=1S/C24H19ClFN3O2S/c25-20-7-2-1-5-16(20)14-31-18-8-9-19(21(26)13-18)24-29-22(15-32-24)23(30)28-12-10-17-6-3-4-11-27-17/h1-9,11,13,15H,10,12,14H2,(H,28,30). The van der Waals surface area contributed by atoms with Crippen LogP contribution in [0, 0.1) is 5.82 Å². The minimum atomic E-state index is -0.474. The van der Waals surface area contributed by atoms with Gasteiger partial charge in [-0.05, 0) is 30.3 Å². The van der Waals surface area contributed by atoms with Crippen molar-refractivity contribution >= 4 is 28.8 Å². The van der Waals surface area contributed by atoms with E-state index in [2.05, 4.69) is 15.3 Å². The summed E-state index contributed by atoms with van der Waals surface area (Å²) < 4.78 is 20.4. The lowest BCUT2D eigenvalue weighted by Gasteiger charge is -2.09. The third kappa shape index (κ3) is 5.49. The first-order chi connectivity index (χ1) is 15.6. The Morgan fingerprint density at radius 2 is 1.97 bits per heavy atom. The molecule has 8 heteroatoms. The van der Waals surface area contributed by atoms with Crippen LogP contribution in [0.3, 0.4) is 0 Å². The van der Waals surface area contributed by atoms with Gasteiger partial charge in [0, 0.05) is 52.5 Å². The van der Waals surface area contributed by atoms with Crippen molar-refractivity contribution in [1.29, 1.82) is 0 Å². The maximum absolute atomic E-state index is 14.7. The number of rotatable bonds is 8. The van der Waals surface area contributed by atoms with Crippen LogP contribution in [0.25, 0.3) is 10.6 Å². The second kappa shape index (κ2) is 10.3. The summed E-state index contributed by atoms with van der Waals surface area (Å²) in [5.74, 6) is -0.392. The molecule has 0 aliphatic carbocycles. The summed E-state index contributed by atoms with van der Waals surface area (Å²) in [6, 6.07) is 17.5. The fraction of sp³-hybridized carbons (Fsp3) is 0.125. The number of pyridine rings is 1. The number of nitrogens with one attached hydrogen (secondary N) is 1. The molecule has 0 spiro atoms. The van der Waals surface area contributed by atoms with Crippen LogP contribution in [-0.2, 0) is 13.0 Å². The highest BCUT2D eigenvalue weighted by molar-refractivity contribution is 7.13. The SMILES string of the molecule is O=C(NCCc1ccccn1)c1csc(-c2ccc(OCc3ccccc3Cl)cc2F)n1. The van der Waals surface area contributed by atoms with Gasteiger partial charge in [0.2, 0.25) is 0 Å². The zero-order chi connectivity index (χ0) is 22.3. The molecule has 162 valence electrons. The summed E-state index contributed by atoms with van der Waals surface area (Å²) in [7, 11) is 0. The van der Waals surface area contributed by atoms with Gasteiger partial charge >= 0.3 is 0 Å². The average molecular weight is 468 g/mol. The third-order valence-corrected chi connectivity index (χ3v) is 5.90. The van der Waals surface area contributed by atoms with Gasteiger partial charge in [-0.1, -0.05) is 35.9 Å². The van der Waals surface area contributed by atoms with Crippen LogP contribution in [0.1, 0.15) is 21.7 Å². The Hall–Kier alpha value is -3.29. The molecule has 0 atom stereocenters. The van der Waals surface area contributed by atoms with Gasteiger partial charge in [0.1, 0.15) is 28.9 Å². The zero-order valence-corrected chi connectivity index (χ0v) is 18.5. The summed E-state index contributed by atoms with van der Waals surface area (Å²) in [5, 5.41) is 5.45. The molecule has 0 fully saturated rings. The molecule has 2 aromatic carbocycles. The quantitative estimate of drug-likeness (QED) is 0.369. The Kier molecular flexibility index (Phi) is 7.09. The van der Waals surface area contributed by atoms with Crippen LogP contribution in [0.2, 0.25) is 5.02 Å². The molecule has 4 rings (SSSR count). The third-order valence-electron chi connectivity index (χ3n) is 4.65. The van der Waals surface area contributed by atoms with Gasteiger partial charge in [-0.3, -0.25) is 9.78 Å². The number of aromatic nitrogens is 2. The van der Waals surface area contributed by atoms with Crippen LogP contribution in [0.15, 0.2) is 72.2 Å². The first-order valence-corrected chi connectivity index (χ1v) is 11.2. The van der Waals surface area contributed by atoms with E-state index in [9.17, 15) is 9.18 Å². The van der Waals surface area contributed by atoms with Crippen molar-refractivity contribution in [3.8, 4) is 16.3 Å². The lowest BCUT2D eigenvalue weighted by Crippen LogP contribution is -2.26. The summed E-state index contributed by atoms with van der Waals surface area (Å²) in [4.78, 5) is 20.9. The van der Waals surface area contributed by atoms with E-state index < -0.39 is 5.82 Å². The van der Waals surface area contributed by atoms with E-state index in [1.807, 2.05) is 36.4 Å². The minimum Gasteiger partial charge on any atom is -0.489 e. The highest BCUT2D eigenvalue weighted by Gasteiger charge is 2.15. The molecule has 2 heterocycles. The lowest BCUT2D eigenvalue weighted by molar-refractivity contribution is 0.0950. The van der Waals surface area contributed by atoms with Crippen LogP contribution < -0.4 is 10.1 Å². The highest BCUT2D eigenvalue weighted by atomic mass is 35.5. The molecular weight excluding hydrogens is 449 g/mol. The smallest absolute Gasteiger partial charge is 0.270 e. The van der Waals surface area contributed by atoms with E-state index in [1.165, 1.54) is 17.4 Å². The average Bonchev–Trinajstić information content (AvgIpc) is 3.29. The summed E-state index contributed by atoms with van der Waals surface area (Å²) >= 11 is 7.33. The Labute approximate surface area is 193 Å². The fourth-order valence-electron chi connectivity index (χ4n) is 2.98. The number of amides is 1. The predicted molar refractivity (Wildman–Crippen MR) is 124 cm³/mol. The second-order valence-electron chi connectivity index (χ2n) is 6.89. The van der Waals surface area contributed by atoms with Gasteiger partial charge in [0.15, 0.2) is 0 Å². The monoisotopic (exact) mass is 467 g/mol. The minimum absolute atomic E-state index is 0.235. The van der Waals surface area contributed by atoms with E-state index in [0.717, 1.165) is 11.3 Å². The molecular formula is C24H19ClFN3O2S. The van der Waals surface area contributed by atoms with E-state index in [-0.39, 0.29) is 18.2 Å². The molecule has 4 aromatic rings. The summed E-state index contributed by atoms with van der Waals surface area (Å²) in [5.41, 5.74) is 2.28. The second-order valence-corrected chi connectivity index (χ2v) is 8.15. The van der Waals surface area contributed by atoms with Crippen molar-refractivity contribution in [1.82, 2.24) is 15.3 Å². The molecule has 0 unspecified atom stereocenters. The number of ether oxygens (including phenoxy) is 1. The molecule has 0 radical (unpaired) electrons. The molecule has 0 bridgehead atoms. The molecule has 2 aromatic heterocycles. The van der Waals surface area contributed by atoms with E-state index >= 15 is 0 Å². The molecule has 5 nitrogen and oxygen atoms in total. The van der Waals surface area contributed by atoms with Gasteiger partial charge < -0.3 is 10.1 Å². The molecule has 0 saturated carbocycles. The van der Waals surface area contributed by atoms with Gasteiger partial charge in [-0.15, -0.1) is 11.3 Å². The lowest BCUT2D eigenvalue weighted by atomic mass is 10.2. The number of carbonyl (C=O) groups is 1. The largest absolute Gasteiger partial charge is 0.489 e. The Morgan fingerprint density at radius 3 is 2.75 bits per heavy atom. The number of carbonyl (C=O) groups excluding carboxylic acids is 1. The molecule has 0 aliphatic heterocycles. The van der Waals surface area contributed by atoms with Crippen LogP contribution in [0.4, 0.5) is 4.39 Å². The molecule has 0 aliphatic rings. The molecule has 1 amide bonds. The fourth-order valence-corrected chi connectivity index (χ4v) is 3.99. The normalized spacial score (nSPS) is 10.7. The van der Waals surface area contributed by atoms with Crippen molar-refractivity contribution < 1.29 is 13.9 Å². The Balaban J connectivity index is 1.36. The van der Waals surface area contributed by atoms with Crippen molar-refractivity contribution in [3.05, 3.63) is 100 Å². The summed E-state index contributed by atoms with van der Waals surface area (Å²) in [6.07, 6.45) is 2.33.